The SMILES string of the molecule is Cc1ccc(OCc2[c-]cccc2)c(C)c1.[Br-].[Mg+2]. The molecular weight excluding hydrogens is 300 g/mol. The van der Waals surface area contributed by atoms with Crippen LogP contribution in [0.3, 0.4) is 0 Å². The number of benzene rings is 2. The van der Waals surface area contributed by atoms with Gasteiger partial charge in [-0.05, 0) is 25.5 Å². The molecule has 2 aromatic carbocycles. The molecule has 0 N–H and O–H groups in total. The first-order valence-electron chi connectivity index (χ1n) is 5.41. The molecular formula is C15H15BrMgO. The van der Waals surface area contributed by atoms with Gasteiger partial charge in [-0.2, -0.15) is 30.3 Å². The Bertz CT molecular complexity index is 471. The molecule has 0 aromatic heterocycles. The van der Waals surface area contributed by atoms with Crippen molar-refractivity contribution in [2.75, 3.05) is 0 Å². The van der Waals surface area contributed by atoms with E-state index in [9.17, 15) is 0 Å². The monoisotopic (exact) mass is 314 g/mol. The Balaban J connectivity index is 0.00000144. The van der Waals surface area contributed by atoms with Gasteiger partial charge < -0.3 is 21.7 Å². The summed E-state index contributed by atoms with van der Waals surface area (Å²) in [5.74, 6) is 0.947. The summed E-state index contributed by atoms with van der Waals surface area (Å²) in [5.41, 5.74) is 3.51. The van der Waals surface area contributed by atoms with Gasteiger partial charge in [-0.15, -0.1) is 5.56 Å². The maximum absolute atomic E-state index is 5.75. The Morgan fingerprint density at radius 2 is 1.89 bits per heavy atom. The molecule has 0 saturated carbocycles. The van der Waals surface area contributed by atoms with Gasteiger partial charge in [0.2, 0.25) is 0 Å². The van der Waals surface area contributed by atoms with E-state index in [1.54, 1.807) is 0 Å². The van der Waals surface area contributed by atoms with Gasteiger partial charge in [0, 0.05) is 0 Å². The smallest absolute Gasteiger partial charge is 1.00 e. The molecule has 2 rings (SSSR count). The van der Waals surface area contributed by atoms with Gasteiger partial charge in [-0.25, -0.2) is 0 Å². The van der Waals surface area contributed by atoms with Crippen LogP contribution in [0.5, 0.6) is 5.75 Å². The van der Waals surface area contributed by atoms with Crippen LogP contribution in [0.4, 0.5) is 0 Å². The predicted molar refractivity (Wildman–Crippen MR) is 71.3 cm³/mol. The fraction of sp³-hybridized carbons (Fsp3) is 0.200. The Kier molecular flexibility index (Phi) is 8.32. The van der Waals surface area contributed by atoms with Crippen LogP contribution in [0.1, 0.15) is 16.7 Å². The molecule has 2 aromatic rings. The van der Waals surface area contributed by atoms with Gasteiger partial charge in [0.25, 0.3) is 0 Å². The number of aryl methyl sites for hydroxylation is 2. The number of hydrogen-bond donors (Lipinski definition) is 0. The molecule has 0 spiro atoms. The molecule has 90 valence electrons. The molecule has 18 heavy (non-hydrogen) atoms. The van der Waals surface area contributed by atoms with Crippen LogP contribution in [0, 0.1) is 19.9 Å². The summed E-state index contributed by atoms with van der Waals surface area (Å²) in [4.78, 5) is 0. The number of hydrogen-bond acceptors (Lipinski definition) is 1. The Labute approximate surface area is 135 Å². The van der Waals surface area contributed by atoms with E-state index in [4.69, 9.17) is 4.74 Å². The molecule has 0 aliphatic rings. The molecule has 0 unspecified atom stereocenters. The molecule has 0 aliphatic carbocycles. The van der Waals surface area contributed by atoms with Crippen LogP contribution in [0.2, 0.25) is 0 Å². The summed E-state index contributed by atoms with van der Waals surface area (Å²) in [6, 6.07) is 17.2. The molecule has 3 heteroatoms. The second-order valence-corrected chi connectivity index (χ2v) is 3.95. The van der Waals surface area contributed by atoms with Crippen molar-refractivity contribution < 1.29 is 21.7 Å². The standard InChI is InChI=1S/C15H15O.BrH.Mg/c1-12-8-9-15(13(2)10-12)16-11-14-6-4-3-5-7-14;;/h3-6,8-10H,11H2,1-2H3;1H;/q-1;;+2/p-1. The molecule has 0 radical (unpaired) electrons. The van der Waals surface area contributed by atoms with Crippen molar-refractivity contribution in [3.8, 4) is 5.75 Å². The molecule has 0 bridgehead atoms. The van der Waals surface area contributed by atoms with Crippen molar-refractivity contribution in [2.24, 2.45) is 0 Å². The fourth-order valence-corrected chi connectivity index (χ4v) is 1.64. The summed E-state index contributed by atoms with van der Waals surface area (Å²) in [7, 11) is 0. The summed E-state index contributed by atoms with van der Waals surface area (Å²) >= 11 is 0. The van der Waals surface area contributed by atoms with Crippen LogP contribution in [0.15, 0.2) is 42.5 Å². The number of halogens is 1. The molecule has 0 aliphatic heterocycles. The maximum Gasteiger partial charge on any atom is 2.00 e. The van der Waals surface area contributed by atoms with Gasteiger partial charge in [-0.3, -0.25) is 0 Å². The first kappa shape index (κ1) is 17.5. The molecule has 0 fully saturated rings. The van der Waals surface area contributed by atoms with E-state index >= 15 is 0 Å². The van der Waals surface area contributed by atoms with E-state index in [0.29, 0.717) is 6.61 Å². The Morgan fingerprint density at radius 1 is 1.11 bits per heavy atom. The second-order valence-electron chi connectivity index (χ2n) is 3.95. The average Bonchev–Trinajstić information content (AvgIpc) is 2.29. The fourth-order valence-electron chi connectivity index (χ4n) is 1.64. The molecule has 0 atom stereocenters. The van der Waals surface area contributed by atoms with Gasteiger partial charge in [-0.1, -0.05) is 17.7 Å². The average molecular weight is 315 g/mol. The number of rotatable bonds is 3. The predicted octanol–water partition coefficient (Wildman–Crippen LogP) is 0.306. The van der Waals surface area contributed by atoms with Gasteiger partial charge >= 0.3 is 23.1 Å². The third kappa shape index (κ3) is 5.00. The van der Waals surface area contributed by atoms with E-state index < -0.39 is 0 Å². The van der Waals surface area contributed by atoms with Crippen molar-refractivity contribution in [1.29, 1.82) is 0 Å². The normalized spacial score (nSPS) is 9.00. The molecule has 0 heterocycles. The Hall–Kier alpha value is -0.514. The van der Waals surface area contributed by atoms with Gasteiger partial charge in [0.1, 0.15) is 5.75 Å². The molecule has 0 saturated heterocycles. The largest absolute Gasteiger partial charge is 2.00 e. The summed E-state index contributed by atoms with van der Waals surface area (Å²) in [6.07, 6.45) is 0. The van der Waals surface area contributed by atoms with E-state index in [1.807, 2.05) is 30.3 Å². The zero-order valence-corrected chi connectivity index (χ0v) is 13.7. The van der Waals surface area contributed by atoms with Crippen LogP contribution >= 0.6 is 0 Å². The minimum Gasteiger partial charge on any atom is -1.00 e. The van der Waals surface area contributed by atoms with Crippen molar-refractivity contribution in [3.05, 3.63) is 65.2 Å². The summed E-state index contributed by atoms with van der Waals surface area (Å²) < 4.78 is 5.75. The second kappa shape index (κ2) is 8.56. The van der Waals surface area contributed by atoms with Crippen molar-refractivity contribution in [3.63, 3.8) is 0 Å². The topological polar surface area (TPSA) is 9.23 Å². The molecule has 0 amide bonds. The van der Waals surface area contributed by atoms with E-state index in [2.05, 4.69) is 32.0 Å². The van der Waals surface area contributed by atoms with Crippen molar-refractivity contribution >= 4 is 23.1 Å². The number of ether oxygens (including phenoxy) is 1. The quantitative estimate of drug-likeness (QED) is 0.585. The summed E-state index contributed by atoms with van der Waals surface area (Å²) in [6.45, 7) is 4.73. The van der Waals surface area contributed by atoms with E-state index in [-0.39, 0.29) is 40.0 Å². The van der Waals surface area contributed by atoms with E-state index in [1.165, 1.54) is 11.1 Å². The first-order chi connectivity index (χ1) is 7.75. The zero-order valence-electron chi connectivity index (χ0n) is 10.7. The van der Waals surface area contributed by atoms with Crippen molar-refractivity contribution in [2.45, 2.75) is 20.5 Å². The minimum atomic E-state index is 0. The van der Waals surface area contributed by atoms with Crippen LogP contribution in [-0.2, 0) is 6.61 Å². The summed E-state index contributed by atoms with van der Waals surface area (Å²) in [5, 5.41) is 0. The zero-order chi connectivity index (χ0) is 11.4. The third-order valence-corrected chi connectivity index (χ3v) is 2.49. The minimum absolute atomic E-state index is 0. The Morgan fingerprint density at radius 3 is 2.50 bits per heavy atom. The van der Waals surface area contributed by atoms with Crippen molar-refractivity contribution in [1.82, 2.24) is 0 Å². The first-order valence-corrected chi connectivity index (χ1v) is 5.41. The third-order valence-electron chi connectivity index (χ3n) is 2.49. The van der Waals surface area contributed by atoms with Crippen LogP contribution in [0.25, 0.3) is 0 Å². The van der Waals surface area contributed by atoms with Crippen LogP contribution < -0.4 is 21.7 Å². The van der Waals surface area contributed by atoms with Gasteiger partial charge in [0.05, 0.1) is 6.61 Å². The molecule has 1 nitrogen and oxygen atoms in total. The van der Waals surface area contributed by atoms with Crippen LogP contribution in [-0.4, -0.2) is 23.1 Å². The maximum atomic E-state index is 5.75. The van der Waals surface area contributed by atoms with Gasteiger partial charge in [0.15, 0.2) is 0 Å². The van der Waals surface area contributed by atoms with E-state index in [0.717, 1.165) is 11.3 Å².